The number of amides is 1. The monoisotopic (exact) mass is 473 g/mol. The maximum atomic E-state index is 13.3. The van der Waals surface area contributed by atoms with Crippen LogP contribution < -0.4 is 4.90 Å². The second-order valence-corrected chi connectivity index (χ2v) is 11.0. The first-order valence-corrected chi connectivity index (χ1v) is 13.1. The van der Waals surface area contributed by atoms with E-state index in [1.165, 1.54) is 41.4 Å². The summed E-state index contributed by atoms with van der Waals surface area (Å²) < 4.78 is 40.6. The molecule has 33 heavy (non-hydrogen) atoms. The molecule has 1 atom stereocenters. The zero-order chi connectivity index (χ0) is 23.4. The van der Waals surface area contributed by atoms with Gasteiger partial charge in [-0.25, -0.2) is 12.8 Å². The third kappa shape index (κ3) is 5.38. The lowest BCUT2D eigenvalue weighted by Gasteiger charge is -2.34. The summed E-state index contributed by atoms with van der Waals surface area (Å²) >= 11 is 0. The third-order valence-electron chi connectivity index (χ3n) is 6.66. The van der Waals surface area contributed by atoms with Crippen molar-refractivity contribution in [2.75, 3.05) is 38.1 Å². The lowest BCUT2D eigenvalue weighted by atomic mass is 9.98. The fourth-order valence-corrected chi connectivity index (χ4v) is 6.37. The SMILES string of the molecule is CN(Cc1ccccc1N1CCCCC1)C(=O)C1CCCN(S(=O)(=O)c2ccc(F)cc2)C1. The van der Waals surface area contributed by atoms with Crippen LogP contribution in [0.25, 0.3) is 0 Å². The van der Waals surface area contributed by atoms with Gasteiger partial charge in [-0.2, -0.15) is 4.31 Å². The van der Waals surface area contributed by atoms with Gasteiger partial charge in [0, 0.05) is 45.5 Å². The Bertz CT molecular complexity index is 1070. The van der Waals surface area contributed by atoms with Gasteiger partial charge in [-0.3, -0.25) is 4.79 Å². The summed E-state index contributed by atoms with van der Waals surface area (Å²) in [7, 11) is -1.97. The molecule has 2 aliphatic heterocycles. The largest absolute Gasteiger partial charge is 0.371 e. The van der Waals surface area contributed by atoms with E-state index in [-0.39, 0.29) is 23.3 Å². The predicted octanol–water partition coefficient (Wildman–Crippen LogP) is 3.88. The lowest BCUT2D eigenvalue weighted by Crippen LogP contribution is -2.45. The minimum Gasteiger partial charge on any atom is -0.371 e. The molecule has 178 valence electrons. The first-order valence-electron chi connectivity index (χ1n) is 11.7. The molecule has 8 heteroatoms. The highest BCUT2D eigenvalue weighted by atomic mass is 32.2. The molecule has 2 fully saturated rings. The standard InChI is InChI=1S/C25H32FN3O3S/c1-27(18-20-8-3-4-10-24(20)28-15-5-2-6-16-28)25(30)21-9-7-17-29(19-21)33(31,32)23-13-11-22(26)12-14-23/h3-4,8,10-14,21H,2,5-7,9,15-19H2,1H3. The molecular formula is C25H32FN3O3S. The van der Waals surface area contributed by atoms with Crippen LogP contribution in [0.15, 0.2) is 53.4 Å². The van der Waals surface area contributed by atoms with E-state index in [0.717, 1.165) is 30.8 Å². The summed E-state index contributed by atoms with van der Waals surface area (Å²) in [6, 6.07) is 13.1. The van der Waals surface area contributed by atoms with E-state index in [4.69, 9.17) is 0 Å². The minimum atomic E-state index is -3.76. The maximum absolute atomic E-state index is 13.3. The zero-order valence-electron chi connectivity index (χ0n) is 19.1. The second-order valence-electron chi connectivity index (χ2n) is 9.03. The highest BCUT2D eigenvalue weighted by molar-refractivity contribution is 7.89. The number of rotatable bonds is 6. The predicted molar refractivity (Wildman–Crippen MR) is 127 cm³/mol. The normalized spacial score (nSPS) is 19.9. The Hall–Kier alpha value is -2.45. The van der Waals surface area contributed by atoms with Crippen molar-refractivity contribution in [2.45, 2.75) is 43.5 Å². The number of hydrogen-bond acceptors (Lipinski definition) is 4. The van der Waals surface area contributed by atoms with Gasteiger partial charge in [0.15, 0.2) is 0 Å². The lowest BCUT2D eigenvalue weighted by molar-refractivity contribution is -0.135. The number of piperidine rings is 2. The van der Waals surface area contributed by atoms with Gasteiger partial charge in [0.25, 0.3) is 0 Å². The van der Waals surface area contributed by atoms with Crippen LogP contribution in [0.1, 0.15) is 37.7 Å². The summed E-state index contributed by atoms with van der Waals surface area (Å²) in [6.45, 7) is 3.08. The Morgan fingerprint density at radius 2 is 1.70 bits per heavy atom. The Kier molecular flexibility index (Phi) is 7.34. The third-order valence-corrected chi connectivity index (χ3v) is 8.54. The number of carbonyl (C=O) groups is 1. The first kappa shape index (κ1) is 23.7. The van der Waals surface area contributed by atoms with Crippen LogP contribution >= 0.6 is 0 Å². The molecule has 0 saturated carbocycles. The van der Waals surface area contributed by atoms with Crippen molar-refractivity contribution in [3.63, 3.8) is 0 Å². The number of hydrogen-bond donors (Lipinski definition) is 0. The number of sulfonamides is 1. The van der Waals surface area contributed by atoms with E-state index in [1.807, 2.05) is 12.1 Å². The van der Waals surface area contributed by atoms with Crippen LogP contribution in [0, 0.1) is 11.7 Å². The Balaban J connectivity index is 1.44. The summed E-state index contributed by atoms with van der Waals surface area (Å²) in [5.41, 5.74) is 2.29. The fourth-order valence-electron chi connectivity index (χ4n) is 4.85. The summed E-state index contributed by atoms with van der Waals surface area (Å²) in [4.78, 5) is 17.5. The molecule has 2 aromatic carbocycles. The minimum absolute atomic E-state index is 0.0394. The van der Waals surface area contributed by atoms with E-state index >= 15 is 0 Å². The molecule has 4 rings (SSSR count). The fraction of sp³-hybridized carbons (Fsp3) is 0.480. The van der Waals surface area contributed by atoms with Crippen molar-refractivity contribution in [2.24, 2.45) is 5.92 Å². The van der Waals surface area contributed by atoms with Crippen LogP contribution in [0.2, 0.25) is 0 Å². The van der Waals surface area contributed by atoms with Crippen molar-refractivity contribution < 1.29 is 17.6 Å². The van der Waals surface area contributed by atoms with Crippen molar-refractivity contribution >= 4 is 21.6 Å². The van der Waals surface area contributed by atoms with Crippen LogP contribution in [0.4, 0.5) is 10.1 Å². The van der Waals surface area contributed by atoms with E-state index in [1.54, 1.807) is 11.9 Å². The first-order chi connectivity index (χ1) is 15.9. The Morgan fingerprint density at radius 3 is 2.42 bits per heavy atom. The summed E-state index contributed by atoms with van der Waals surface area (Å²) in [5, 5.41) is 0. The van der Waals surface area contributed by atoms with Gasteiger partial charge in [-0.15, -0.1) is 0 Å². The molecule has 0 radical (unpaired) electrons. The van der Waals surface area contributed by atoms with Crippen LogP contribution in [-0.2, 0) is 21.4 Å². The average Bonchev–Trinajstić information content (AvgIpc) is 2.85. The van der Waals surface area contributed by atoms with Gasteiger partial charge >= 0.3 is 0 Å². The molecule has 2 saturated heterocycles. The topological polar surface area (TPSA) is 60.9 Å². The summed E-state index contributed by atoms with van der Waals surface area (Å²) in [5.74, 6) is -0.907. The van der Waals surface area contributed by atoms with Crippen LogP contribution in [-0.4, -0.2) is 56.8 Å². The second kappa shape index (κ2) is 10.2. The van der Waals surface area contributed by atoms with Gasteiger partial charge in [0.1, 0.15) is 5.82 Å². The number of halogens is 1. The smallest absolute Gasteiger partial charge is 0.243 e. The van der Waals surface area contributed by atoms with Crippen LogP contribution in [0.3, 0.4) is 0 Å². The highest BCUT2D eigenvalue weighted by Crippen LogP contribution is 2.28. The van der Waals surface area contributed by atoms with Crippen molar-refractivity contribution in [1.82, 2.24) is 9.21 Å². The number of anilines is 1. The average molecular weight is 474 g/mol. The molecule has 2 aromatic rings. The Morgan fingerprint density at radius 1 is 1.00 bits per heavy atom. The van der Waals surface area contributed by atoms with E-state index < -0.39 is 15.8 Å². The summed E-state index contributed by atoms with van der Waals surface area (Å²) in [6.07, 6.45) is 4.91. The highest BCUT2D eigenvalue weighted by Gasteiger charge is 2.34. The number of carbonyl (C=O) groups excluding carboxylic acids is 1. The van der Waals surface area contributed by atoms with Gasteiger partial charge in [-0.1, -0.05) is 18.2 Å². The van der Waals surface area contributed by atoms with Crippen molar-refractivity contribution in [3.05, 3.63) is 59.9 Å². The molecule has 1 unspecified atom stereocenters. The van der Waals surface area contributed by atoms with E-state index in [0.29, 0.717) is 25.9 Å². The van der Waals surface area contributed by atoms with Crippen LogP contribution in [0.5, 0.6) is 0 Å². The Labute approximate surface area is 196 Å². The molecule has 0 bridgehead atoms. The maximum Gasteiger partial charge on any atom is 0.243 e. The number of para-hydroxylation sites is 1. The van der Waals surface area contributed by atoms with Gasteiger partial charge < -0.3 is 9.80 Å². The van der Waals surface area contributed by atoms with E-state index in [9.17, 15) is 17.6 Å². The molecule has 2 heterocycles. The quantitative estimate of drug-likeness (QED) is 0.639. The van der Waals surface area contributed by atoms with Crippen molar-refractivity contribution in [3.8, 4) is 0 Å². The zero-order valence-corrected chi connectivity index (χ0v) is 19.9. The molecule has 0 spiro atoms. The number of nitrogens with zero attached hydrogens (tertiary/aromatic N) is 3. The number of benzene rings is 2. The van der Waals surface area contributed by atoms with E-state index in [2.05, 4.69) is 17.0 Å². The molecule has 0 aliphatic carbocycles. The van der Waals surface area contributed by atoms with Gasteiger partial charge in [0.05, 0.1) is 10.8 Å². The molecule has 0 N–H and O–H groups in total. The molecule has 1 amide bonds. The van der Waals surface area contributed by atoms with Gasteiger partial charge in [-0.05, 0) is 68.0 Å². The molecule has 2 aliphatic rings. The molecular weight excluding hydrogens is 441 g/mol. The molecule has 6 nitrogen and oxygen atoms in total. The van der Waals surface area contributed by atoms with Gasteiger partial charge in [0.2, 0.25) is 15.9 Å². The van der Waals surface area contributed by atoms with Crippen molar-refractivity contribution in [1.29, 1.82) is 0 Å². The molecule has 0 aromatic heterocycles.